The summed E-state index contributed by atoms with van der Waals surface area (Å²) >= 11 is 18.4. The molecule has 5 rings (SSSR count). The van der Waals surface area contributed by atoms with Gasteiger partial charge in [0.1, 0.15) is 0 Å². The van der Waals surface area contributed by atoms with E-state index < -0.39 is 11.7 Å². The van der Waals surface area contributed by atoms with Crippen molar-refractivity contribution in [2.24, 2.45) is 0 Å². The smallest absolute Gasteiger partial charge is 0.415 e. The molecule has 0 saturated heterocycles. The van der Waals surface area contributed by atoms with Crippen molar-refractivity contribution >= 4 is 58.0 Å². The number of halogens is 3. The number of rotatable bonds is 4. The molecule has 0 fully saturated rings. The zero-order valence-corrected chi connectivity index (χ0v) is 20.3. The largest absolute Gasteiger partial charge is 0.428 e. The van der Waals surface area contributed by atoms with Crippen molar-refractivity contribution in [3.63, 3.8) is 0 Å². The number of anilines is 3. The molecule has 1 amide bonds. The monoisotopic (exact) mass is 508 g/mol. The van der Waals surface area contributed by atoms with Crippen LogP contribution in [0.15, 0.2) is 91.0 Å². The van der Waals surface area contributed by atoms with Crippen LogP contribution in [0.1, 0.15) is 16.7 Å². The zero-order chi connectivity index (χ0) is 23.9. The average Bonchev–Trinajstić information content (AvgIpc) is 2.84. The van der Waals surface area contributed by atoms with Gasteiger partial charge in [0.2, 0.25) is 0 Å². The standard InChI is InChI=1S/C27H19Cl3N2O2/c1-32-25-15-14-23(31-22-12-10-21(30)11-13-22)16-24(25)27(34-26(32)33,17-2-6-19(28)7-3-17)18-4-8-20(29)9-5-18/h2-16,31H,1H3. The Labute approximate surface area is 212 Å². The van der Waals surface area contributed by atoms with Crippen LogP contribution < -0.4 is 10.2 Å². The molecule has 0 unspecified atom stereocenters. The van der Waals surface area contributed by atoms with Crippen molar-refractivity contribution in [3.05, 3.63) is 123 Å². The highest BCUT2D eigenvalue weighted by atomic mass is 35.5. The first-order valence-corrected chi connectivity index (χ1v) is 11.7. The minimum atomic E-state index is -1.20. The Kier molecular flexibility index (Phi) is 5.90. The first-order chi connectivity index (χ1) is 16.4. The van der Waals surface area contributed by atoms with E-state index in [-0.39, 0.29) is 0 Å². The molecule has 1 aliphatic rings. The van der Waals surface area contributed by atoms with E-state index in [1.807, 2.05) is 66.7 Å². The number of nitrogens with zero attached hydrogens (tertiary/aromatic N) is 1. The number of ether oxygens (including phenoxy) is 1. The van der Waals surface area contributed by atoms with Crippen molar-refractivity contribution in [3.8, 4) is 0 Å². The number of carbonyl (C=O) groups is 1. The van der Waals surface area contributed by atoms with Crippen LogP contribution in [0.5, 0.6) is 0 Å². The van der Waals surface area contributed by atoms with Gasteiger partial charge in [-0.1, -0.05) is 59.1 Å². The van der Waals surface area contributed by atoms with Gasteiger partial charge in [-0.25, -0.2) is 4.79 Å². The van der Waals surface area contributed by atoms with Crippen LogP contribution in [0.2, 0.25) is 15.1 Å². The Bertz CT molecular complexity index is 1310. The van der Waals surface area contributed by atoms with E-state index in [1.54, 1.807) is 31.3 Å². The summed E-state index contributed by atoms with van der Waals surface area (Å²) in [6.45, 7) is 0. The molecule has 1 N–H and O–H groups in total. The number of cyclic esters (lactones) is 1. The lowest BCUT2D eigenvalue weighted by Crippen LogP contribution is -2.45. The summed E-state index contributed by atoms with van der Waals surface area (Å²) in [5.41, 5.74) is 3.59. The maximum atomic E-state index is 13.1. The molecule has 1 aliphatic heterocycles. The number of fused-ring (bicyclic) bond motifs is 1. The van der Waals surface area contributed by atoms with Crippen LogP contribution in [0.25, 0.3) is 0 Å². The van der Waals surface area contributed by atoms with E-state index in [9.17, 15) is 4.79 Å². The summed E-state index contributed by atoms with van der Waals surface area (Å²) in [6.07, 6.45) is -0.462. The highest BCUT2D eigenvalue weighted by Crippen LogP contribution is 2.49. The molecule has 0 radical (unpaired) electrons. The van der Waals surface area contributed by atoms with Crippen molar-refractivity contribution in [1.82, 2.24) is 0 Å². The average molecular weight is 510 g/mol. The molecule has 4 aromatic carbocycles. The highest BCUT2D eigenvalue weighted by molar-refractivity contribution is 6.31. The summed E-state index contributed by atoms with van der Waals surface area (Å²) in [5.74, 6) is 0. The van der Waals surface area contributed by atoms with Crippen LogP contribution in [0.3, 0.4) is 0 Å². The molecule has 4 nitrogen and oxygen atoms in total. The summed E-state index contributed by atoms with van der Waals surface area (Å²) in [7, 11) is 1.70. The third-order valence-corrected chi connectivity index (χ3v) is 6.64. The third-order valence-electron chi connectivity index (χ3n) is 5.89. The third kappa shape index (κ3) is 3.98. The van der Waals surface area contributed by atoms with Gasteiger partial charge >= 0.3 is 6.09 Å². The fourth-order valence-electron chi connectivity index (χ4n) is 4.21. The number of nitrogens with one attached hydrogen (secondary N) is 1. The predicted molar refractivity (Wildman–Crippen MR) is 139 cm³/mol. The van der Waals surface area contributed by atoms with Crippen LogP contribution in [0.4, 0.5) is 21.9 Å². The molecule has 0 spiro atoms. The molecular weight excluding hydrogens is 491 g/mol. The number of benzene rings is 4. The van der Waals surface area contributed by atoms with E-state index >= 15 is 0 Å². The van der Waals surface area contributed by atoms with Gasteiger partial charge in [-0.3, -0.25) is 4.90 Å². The van der Waals surface area contributed by atoms with Gasteiger partial charge in [-0.2, -0.15) is 0 Å². The van der Waals surface area contributed by atoms with Gasteiger partial charge in [-0.15, -0.1) is 0 Å². The predicted octanol–water partition coefficient (Wildman–Crippen LogP) is 8.27. The van der Waals surface area contributed by atoms with Gasteiger partial charge in [0.25, 0.3) is 0 Å². The normalized spacial score (nSPS) is 14.4. The molecule has 0 aromatic heterocycles. The van der Waals surface area contributed by atoms with Crippen molar-refractivity contribution in [2.75, 3.05) is 17.3 Å². The first kappa shape index (κ1) is 22.6. The summed E-state index contributed by atoms with van der Waals surface area (Å²) in [5, 5.41) is 5.25. The second-order valence-electron chi connectivity index (χ2n) is 7.99. The molecule has 0 aliphatic carbocycles. The van der Waals surface area contributed by atoms with Crippen molar-refractivity contribution in [2.45, 2.75) is 5.60 Å². The molecule has 1 heterocycles. The topological polar surface area (TPSA) is 41.6 Å². The lowest BCUT2D eigenvalue weighted by Gasteiger charge is -2.42. The molecule has 0 atom stereocenters. The van der Waals surface area contributed by atoms with Crippen molar-refractivity contribution in [1.29, 1.82) is 0 Å². The number of amides is 1. The first-order valence-electron chi connectivity index (χ1n) is 10.5. The second kappa shape index (κ2) is 8.88. The Balaban J connectivity index is 1.74. The minimum absolute atomic E-state index is 0.462. The maximum Gasteiger partial charge on any atom is 0.415 e. The quantitative estimate of drug-likeness (QED) is 0.301. The molecule has 0 saturated carbocycles. The van der Waals surface area contributed by atoms with Gasteiger partial charge in [0.05, 0.1) is 5.69 Å². The number of hydrogen-bond donors (Lipinski definition) is 1. The van der Waals surface area contributed by atoms with E-state index in [0.717, 1.165) is 33.8 Å². The Hall–Kier alpha value is -3.18. The van der Waals surface area contributed by atoms with Crippen molar-refractivity contribution < 1.29 is 9.53 Å². The Morgan fingerprint density at radius 2 is 1.18 bits per heavy atom. The maximum absolute atomic E-state index is 13.1. The number of hydrogen-bond acceptors (Lipinski definition) is 3. The zero-order valence-electron chi connectivity index (χ0n) is 18.1. The highest BCUT2D eigenvalue weighted by Gasteiger charge is 2.47. The van der Waals surface area contributed by atoms with E-state index in [2.05, 4.69) is 5.32 Å². The van der Waals surface area contributed by atoms with Gasteiger partial charge in [-0.05, 0) is 66.7 Å². The minimum Gasteiger partial charge on any atom is -0.428 e. The van der Waals surface area contributed by atoms with Gasteiger partial charge in [0.15, 0.2) is 5.60 Å². The van der Waals surface area contributed by atoms with E-state index in [1.165, 1.54) is 4.90 Å². The Morgan fingerprint density at radius 1 is 0.706 bits per heavy atom. The van der Waals surface area contributed by atoms with E-state index in [0.29, 0.717) is 15.1 Å². The van der Waals surface area contributed by atoms with Crippen LogP contribution in [-0.4, -0.2) is 13.1 Å². The van der Waals surface area contributed by atoms with Crippen LogP contribution in [-0.2, 0) is 10.3 Å². The lowest BCUT2D eigenvalue weighted by atomic mass is 9.78. The fraction of sp³-hybridized carbons (Fsp3) is 0.0741. The lowest BCUT2D eigenvalue weighted by molar-refractivity contribution is 0.0674. The molecule has 34 heavy (non-hydrogen) atoms. The molecule has 4 aromatic rings. The van der Waals surface area contributed by atoms with E-state index in [4.69, 9.17) is 39.5 Å². The molecular formula is C27H19Cl3N2O2. The Morgan fingerprint density at radius 3 is 1.71 bits per heavy atom. The molecule has 7 heteroatoms. The second-order valence-corrected chi connectivity index (χ2v) is 9.30. The fourth-order valence-corrected chi connectivity index (χ4v) is 4.58. The SMILES string of the molecule is CN1C(=O)OC(c2ccc(Cl)cc2)(c2ccc(Cl)cc2)c2cc(Nc3ccc(Cl)cc3)ccc21. The summed E-state index contributed by atoms with van der Waals surface area (Å²) < 4.78 is 6.24. The summed E-state index contributed by atoms with van der Waals surface area (Å²) in [4.78, 5) is 14.6. The number of carbonyl (C=O) groups excluding carboxylic acids is 1. The molecule has 0 bridgehead atoms. The summed E-state index contributed by atoms with van der Waals surface area (Å²) in [6, 6.07) is 27.9. The molecule has 170 valence electrons. The van der Waals surface area contributed by atoms with Gasteiger partial charge in [0, 0.05) is 50.2 Å². The van der Waals surface area contributed by atoms with Crippen LogP contribution in [0, 0.1) is 0 Å². The van der Waals surface area contributed by atoms with Crippen LogP contribution >= 0.6 is 34.8 Å². The van der Waals surface area contributed by atoms with Gasteiger partial charge < -0.3 is 10.1 Å².